The second kappa shape index (κ2) is 3.88. The molecule has 0 atom stereocenters. The Balaban J connectivity index is 2.93. The van der Waals surface area contributed by atoms with Crippen LogP contribution in [0.4, 0.5) is 0 Å². The lowest BCUT2D eigenvalue weighted by Gasteiger charge is -2.01. The summed E-state index contributed by atoms with van der Waals surface area (Å²) < 4.78 is 0. The Labute approximate surface area is 71.6 Å². The van der Waals surface area contributed by atoms with Crippen molar-refractivity contribution < 1.29 is 4.79 Å². The molecule has 1 rings (SSSR count). The minimum absolute atomic E-state index is 0.0784. The summed E-state index contributed by atoms with van der Waals surface area (Å²) in [4.78, 5) is 11.1. The number of carbonyl (C=O) groups excluding carboxylic acids is 1. The van der Waals surface area contributed by atoms with E-state index in [-0.39, 0.29) is 5.91 Å². The zero-order chi connectivity index (χ0) is 8.97. The SMILES string of the molecule is CNC(=O)c1cccc(CN)c1. The summed E-state index contributed by atoms with van der Waals surface area (Å²) in [6.07, 6.45) is 0. The summed E-state index contributed by atoms with van der Waals surface area (Å²) in [5.41, 5.74) is 7.05. The lowest BCUT2D eigenvalue weighted by Crippen LogP contribution is -2.17. The van der Waals surface area contributed by atoms with Gasteiger partial charge in [-0.3, -0.25) is 4.79 Å². The van der Waals surface area contributed by atoms with Crippen LogP contribution in [0.1, 0.15) is 15.9 Å². The highest BCUT2D eigenvalue weighted by atomic mass is 16.1. The molecule has 3 nitrogen and oxygen atoms in total. The van der Waals surface area contributed by atoms with E-state index in [1.54, 1.807) is 19.2 Å². The van der Waals surface area contributed by atoms with Gasteiger partial charge in [0, 0.05) is 19.2 Å². The monoisotopic (exact) mass is 164 g/mol. The number of hydrogen-bond acceptors (Lipinski definition) is 2. The van der Waals surface area contributed by atoms with Crippen molar-refractivity contribution in [1.29, 1.82) is 0 Å². The van der Waals surface area contributed by atoms with Crippen molar-refractivity contribution in [2.45, 2.75) is 6.54 Å². The van der Waals surface area contributed by atoms with Gasteiger partial charge in [0.15, 0.2) is 0 Å². The fourth-order valence-electron chi connectivity index (χ4n) is 0.984. The molecule has 1 aromatic carbocycles. The second-order valence-corrected chi connectivity index (χ2v) is 2.48. The average Bonchev–Trinajstić information content (AvgIpc) is 2.17. The van der Waals surface area contributed by atoms with Gasteiger partial charge in [0.05, 0.1) is 0 Å². The van der Waals surface area contributed by atoms with Gasteiger partial charge in [0.1, 0.15) is 0 Å². The molecule has 0 unspecified atom stereocenters. The van der Waals surface area contributed by atoms with Gasteiger partial charge < -0.3 is 11.1 Å². The van der Waals surface area contributed by atoms with Crippen molar-refractivity contribution >= 4 is 5.91 Å². The molecule has 0 spiro atoms. The molecule has 0 saturated heterocycles. The number of amides is 1. The van der Waals surface area contributed by atoms with Crippen LogP contribution in [0.25, 0.3) is 0 Å². The molecule has 0 saturated carbocycles. The van der Waals surface area contributed by atoms with Crippen LogP contribution >= 0.6 is 0 Å². The van der Waals surface area contributed by atoms with Gasteiger partial charge in [-0.2, -0.15) is 0 Å². The maximum absolute atomic E-state index is 11.1. The van der Waals surface area contributed by atoms with Crippen molar-refractivity contribution in [1.82, 2.24) is 5.32 Å². The van der Waals surface area contributed by atoms with Crippen molar-refractivity contribution in [3.8, 4) is 0 Å². The van der Waals surface area contributed by atoms with Gasteiger partial charge in [-0.25, -0.2) is 0 Å². The van der Waals surface area contributed by atoms with Gasteiger partial charge in [0.2, 0.25) is 0 Å². The van der Waals surface area contributed by atoms with Gasteiger partial charge >= 0.3 is 0 Å². The molecule has 0 heterocycles. The maximum Gasteiger partial charge on any atom is 0.251 e. The highest BCUT2D eigenvalue weighted by Crippen LogP contribution is 2.03. The zero-order valence-electron chi connectivity index (χ0n) is 7.00. The number of rotatable bonds is 2. The molecule has 1 aromatic rings. The number of nitrogens with one attached hydrogen (secondary N) is 1. The predicted octanol–water partition coefficient (Wildman–Crippen LogP) is 0.505. The van der Waals surface area contributed by atoms with Crippen molar-refractivity contribution in [3.05, 3.63) is 35.4 Å². The van der Waals surface area contributed by atoms with E-state index < -0.39 is 0 Å². The fraction of sp³-hybridized carbons (Fsp3) is 0.222. The van der Waals surface area contributed by atoms with Crippen molar-refractivity contribution in [3.63, 3.8) is 0 Å². The number of benzene rings is 1. The fourth-order valence-corrected chi connectivity index (χ4v) is 0.984. The summed E-state index contributed by atoms with van der Waals surface area (Å²) in [6.45, 7) is 0.463. The molecule has 3 heteroatoms. The zero-order valence-corrected chi connectivity index (χ0v) is 7.00. The largest absolute Gasteiger partial charge is 0.355 e. The first-order valence-corrected chi connectivity index (χ1v) is 3.79. The first-order chi connectivity index (χ1) is 5.77. The Morgan fingerprint density at radius 1 is 1.58 bits per heavy atom. The molecular weight excluding hydrogens is 152 g/mol. The molecule has 0 bridgehead atoms. The van der Waals surface area contributed by atoms with E-state index in [1.165, 1.54) is 0 Å². The summed E-state index contributed by atoms with van der Waals surface area (Å²) in [6, 6.07) is 7.27. The molecule has 64 valence electrons. The standard InChI is InChI=1S/C9H12N2O/c1-11-9(12)8-4-2-3-7(5-8)6-10/h2-5H,6,10H2,1H3,(H,11,12). The highest BCUT2D eigenvalue weighted by Gasteiger charge is 2.01. The van der Waals surface area contributed by atoms with Crippen LogP contribution in [0.5, 0.6) is 0 Å². The first-order valence-electron chi connectivity index (χ1n) is 3.79. The Bertz CT molecular complexity index is 284. The van der Waals surface area contributed by atoms with Crippen LogP contribution in [0.3, 0.4) is 0 Å². The Kier molecular flexibility index (Phi) is 2.82. The molecule has 0 fully saturated rings. The van der Waals surface area contributed by atoms with Gasteiger partial charge in [-0.1, -0.05) is 12.1 Å². The normalized spacial score (nSPS) is 9.50. The summed E-state index contributed by atoms with van der Waals surface area (Å²) >= 11 is 0. The Morgan fingerprint density at radius 3 is 2.92 bits per heavy atom. The van der Waals surface area contributed by atoms with Crippen molar-refractivity contribution in [2.75, 3.05) is 7.05 Å². The number of hydrogen-bond donors (Lipinski definition) is 2. The number of nitrogens with two attached hydrogens (primary N) is 1. The summed E-state index contributed by atoms with van der Waals surface area (Å²) in [5, 5.41) is 2.55. The first kappa shape index (κ1) is 8.74. The molecule has 0 radical (unpaired) electrons. The van der Waals surface area contributed by atoms with Crippen LogP contribution in [-0.2, 0) is 6.54 Å². The van der Waals surface area contributed by atoms with E-state index >= 15 is 0 Å². The number of carbonyl (C=O) groups is 1. The lowest BCUT2D eigenvalue weighted by atomic mass is 10.1. The van der Waals surface area contributed by atoms with E-state index in [9.17, 15) is 4.79 Å². The average molecular weight is 164 g/mol. The molecule has 0 aliphatic rings. The molecule has 0 aromatic heterocycles. The van der Waals surface area contributed by atoms with Gasteiger partial charge in [0.25, 0.3) is 5.91 Å². The third-order valence-electron chi connectivity index (χ3n) is 1.65. The van der Waals surface area contributed by atoms with Crippen LogP contribution in [0.2, 0.25) is 0 Å². The third kappa shape index (κ3) is 1.83. The van der Waals surface area contributed by atoms with E-state index in [1.807, 2.05) is 12.1 Å². The van der Waals surface area contributed by atoms with Gasteiger partial charge in [-0.05, 0) is 17.7 Å². The maximum atomic E-state index is 11.1. The molecule has 1 amide bonds. The van der Waals surface area contributed by atoms with Crippen LogP contribution in [-0.4, -0.2) is 13.0 Å². The van der Waals surface area contributed by atoms with E-state index in [0.29, 0.717) is 12.1 Å². The smallest absolute Gasteiger partial charge is 0.251 e. The van der Waals surface area contributed by atoms with Crippen LogP contribution in [0, 0.1) is 0 Å². The third-order valence-corrected chi connectivity index (χ3v) is 1.65. The lowest BCUT2D eigenvalue weighted by molar-refractivity contribution is 0.0963. The second-order valence-electron chi connectivity index (χ2n) is 2.48. The van der Waals surface area contributed by atoms with E-state index in [4.69, 9.17) is 5.73 Å². The van der Waals surface area contributed by atoms with Crippen LogP contribution in [0.15, 0.2) is 24.3 Å². The van der Waals surface area contributed by atoms with E-state index in [0.717, 1.165) is 5.56 Å². The minimum atomic E-state index is -0.0784. The Morgan fingerprint density at radius 2 is 2.33 bits per heavy atom. The highest BCUT2D eigenvalue weighted by molar-refractivity contribution is 5.94. The molecule has 3 N–H and O–H groups in total. The topological polar surface area (TPSA) is 55.1 Å². The summed E-state index contributed by atoms with van der Waals surface area (Å²) in [7, 11) is 1.61. The van der Waals surface area contributed by atoms with Crippen LogP contribution < -0.4 is 11.1 Å². The summed E-state index contributed by atoms with van der Waals surface area (Å²) in [5.74, 6) is -0.0784. The molecular formula is C9H12N2O. The molecule has 12 heavy (non-hydrogen) atoms. The van der Waals surface area contributed by atoms with Gasteiger partial charge in [-0.15, -0.1) is 0 Å². The molecule has 0 aliphatic heterocycles. The molecule has 0 aliphatic carbocycles. The quantitative estimate of drug-likeness (QED) is 0.669. The van der Waals surface area contributed by atoms with E-state index in [2.05, 4.69) is 5.32 Å². The predicted molar refractivity (Wildman–Crippen MR) is 47.7 cm³/mol. The minimum Gasteiger partial charge on any atom is -0.355 e. The van der Waals surface area contributed by atoms with Crippen molar-refractivity contribution in [2.24, 2.45) is 5.73 Å². The Hall–Kier alpha value is -1.35.